The monoisotopic (exact) mass is 321 g/mol. The van der Waals surface area contributed by atoms with E-state index in [-0.39, 0.29) is 30.2 Å². The summed E-state index contributed by atoms with van der Waals surface area (Å²) >= 11 is 0. The first-order valence-electron chi connectivity index (χ1n) is 8.16. The second-order valence-electron chi connectivity index (χ2n) is 6.48. The Hall–Kier alpha value is -1.91. The van der Waals surface area contributed by atoms with Crippen LogP contribution in [0.25, 0.3) is 0 Å². The third-order valence-corrected chi connectivity index (χ3v) is 4.74. The molecule has 3 unspecified atom stereocenters. The van der Waals surface area contributed by atoms with Crippen LogP contribution in [0.2, 0.25) is 0 Å². The molecule has 2 rings (SSSR count). The van der Waals surface area contributed by atoms with Crippen LogP contribution in [0.4, 0.5) is 4.39 Å². The number of carbonyl (C=O) groups is 2. The molecule has 1 aromatic rings. The summed E-state index contributed by atoms with van der Waals surface area (Å²) in [6, 6.07) is 6.65. The number of amides is 1. The number of carboxylic acids is 1. The zero-order valence-corrected chi connectivity index (χ0v) is 13.7. The summed E-state index contributed by atoms with van der Waals surface area (Å²) in [4.78, 5) is 25.5. The van der Waals surface area contributed by atoms with Gasteiger partial charge >= 0.3 is 5.97 Å². The third-order valence-electron chi connectivity index (χ3n) is 4.74. The normalized spacial score (nSPS) is 22.7. The number of benzene rings is 1. The molecule has 1 fully saturated rings. The van der Waals surface area contributed by atoms with Crippen LogP contribution in [0.3, 0.4) is 0 Å². The van der Waals surface area contributed by atoms with E-state index in [4.69, 9.17) is 5.11 Å². The van der Waals surface area contributed by atoms with Crippen LogP contribution in [0.5, 0.6) is 0 Å². The molecule has 1 N–H and O–H groups in total. The first kappa shape index (κ1) is 17.4. The first-order valence-corrected chi connectivity index (χ1v) is 8.16. The van der Waals surface area contributed by atoms with E-state index in [0.29, 0.717) is 31.2 Å². The maximum absolute atomic E-state index is 13.6. The molecule has 5 heteroatoms. The van der Waals surface area contributed by atoms with Crippen molar-refractivity contribution in [1.29, 1.82) is 0 Å². The number of nitrogens with zero attached hydrogens (tertiary/aromatic N) is 1. The Balaban J connectivity index is 1.95. The lowest BCUT2D eigenvalue weighted by Crippen LogP contribution is -2.49. The van der Waals surface area contributed by atoms with Gasteiger partial charge < -0.3 is 10.0 Å². The first-order chi connectivity index (χ1) is 10.9. The number of rotatable bonds is 5. The highest BCUT2D eigenvalue weighted by Crippen LogP contribution is 2.25. The zero-order valence-electron chi connectivity index (χ0n) is 13.7. The van der Waals surface area contributed by atoms with E-state index in [0.717, 1.165) is 0 Å². The Morgan fingerprint density at radius 1 is 1.35 bits per heavy atom. The molecule has 1 aliphatic rings. The van der Waals surface area contributed by atoms with Crippen LogP contribution in [0.1, 0.15) is 38.7 Å². The number of carbonyl (C=O) groups excluding carboxylic acids is 1. The van der Waals surface area contributed by atoms with E-state index < -0.39 is 11.9 Å². The highest BCUT2D eigenvalue weighted by Gasteiger charge is 2.34. The zero-order chi connectivity index (χ0) is 17.0. The number of hydrogen-bond donors (Lipinski definition) is 1. The van der Waals surface area contributed by atoms with Crippen molar-refractivity contribution in [2.75, 3.05) is 6.54 Å². The predicted octanol–water partition coefficient (Wildman–Crippen LogP) is 3.11. The van der Waals surface area contributed by atoms with Crippen molar-refractivity contribution in [1.82, 2.24) is 4.90 Å². The van der Waals surface area contributed by atoms with Gasteiger partial charge in [0.1, 0.15) is 5.82 Å². The van der Waals surface area contributed by atoms with Gasteiger partial charge in [0.25, 0.3) is 0 Å². The molecule has 1 aromatic carbocycles. The number of hydrogen-bond acceptors (Lipinski definition) is 2. The van der Waals surface area contributed by atoms with E-state index in [1.165, 1.54) is 6.07 Å². The lowest BCUT2D eigenvalue weighted by Gasteiger charge is -2.38. The molecule has 0 aliphatic carbocycles. The van der Waals surface area contributed by atoms with E-state index in [1.54, 1.807) is 23.1 Å². The van der Waals surface area contributed by atoms with E-state index in [1.807, 2.05) is 13.8 Å². The predicted molar refractivity (Wildman–Crippen MR) is 85.4 cm³/mol. The summed E-state index contributed by atoms with van der Waals surface area (Å²) < 4.78 is 13.6. The van der Waals surface area contributed by atoms with E-state index in [9.17, 15) is 14.0 Å². The fraction of sp³-hybridized carbons (Fsp3) is 0.556. The van der Waals surface area contributed by atoms with Gasteiger partial charge in [-0.25, -0.2) is 4.39 Å². The largest absolute Gasteiger partial charge is 0.481 e. The second kappa shape index (κ2) is 7.57. The molecule has 0 aromatic heterocycles. The minimum atomic E-state index is -0.839. The Bertz CT molecular complexity index is 575. The summed E-state index contributed by atoms with van der Waals surface area (Å²) in [5.74, 6) is -1.84. The number of likely N-dealkylation sites (tertiary alicyclic amines) is 1. The van der Waals surface area contributed by atoms with Crippen LogP contribution in [0.15, 0.2) is 24.3 Å². The van der Waals surface area contributed by atoms with Gasteiger partial charge in [-0.2, -0.15) is 0 Å². The van der Waals surface area contributed by atoms with Gasteiger partial charge in [-0.3, -0.25) is 9.59 Å². The van der Waals surface area contributed by atoms with Gasteiger partial charge in [-0.15, -0.1) is 0 Å². The average molecular weight is 321 g/mol. The van der Waals surface area contributed by atoms with Crippen molar-refractivity contribution >= 4 is 11.9 Å². The number of piperidine rings is 1. The smallest absolute Gasteiger partial charge is 0.308 e. The van der Waals surface area contributed by atoms with Crippen molar-refractivity contribution in [2.45, 2.75) is 45.6 Å². The fourth-order valence-electron chi connectivity index (χ4n) is 3.10. The standard InChI is InChI=1S/C18H24FNO3/c1-12(7-9-14-5-3-4-6-16(14)19)17(21)20-11-15(18(22)23)10-8-13(20)2/h3-6,12-13,15H,7-11H2,1-2H3,(H,22,23). The maximum atomic E-state index is 13.6. The number of halogens is 1. The Morgan fingerprint density at radius 3 is 2.70 bits per heavy atom. The average Bonchev–Trinajstić information content (AvgIpc) is 2.53. The van der Waals surface area contributed by atoms with Crippen molar-refractivity contribution in [3.8, 4) is 0 Å². The van der Waals surface area contributed by atoms with E-state index in [2.05, 4.69) is 0 Å². The summed E-state index contributed by atoms with van der Waals surface area (Å²) in [5, 5.41) is 9.17. The molecule has 0 bridgehead atoms. The van der Waals surface area contributed by atoms with Crippen LogP contribution >= 0.6 is 0 Å². The molecular formula is C18H24FNO3. The Labute approximate surface area is 136 Å². The molecule has 23 heavy (non-hydrogen) atoms. The molecule has 4 nitrogen and oxygen atoms in total. The lowest BCUT2D eigenvalue weighted by molar-refractivity contribution is -0.148. The van der Waals surface area contributed by atoms with Gasteiger partial charge in [0.05, 0.1) is 5.92 Å². The minimum Gasteiger partial charge on any atom is -0.481 e. The van der Waals surface area contributed by atoms with Gasteiger partial charge in [-0.05, 0) is 44.2 Å². The maximum Gasteiger partial charge on any atom is 0.308 e. The number of aliphatic carboxylic acids is 1. The molecular weight excluding hydrogens is 297 g/mol. The molecule has 0 saturated carbocycles. The Kier molecular flexibility index (Phi) is 5.74. The fourth-order valence-corrected chi connectivity index (χ4v) is 3.10. The number of carboxylic acid groups (broad SMARTS) is 1. The van der Waals surface area contributed by atoms with Gasteiger partial charge in [0, 0.05) is 18.5 Å². The molecule has 0 spiro atoms. The summed E-state index contributed by atoms with van der Waals surface area (Å²) in [7, 11) is 0. The van der Waals surface area contributed by atoms with Crippen LogP contribution < -0.4 is 0 Å². The van der Waals surface area contributed by atoms with Gasteiger partial charge in [0.2, 0.25) is 5.91 Å². The van der Waals surface area contributed by atoms with E-state index >= 15 is 0 Å². The van der Waals surface area contributed by atoms with Crippen molar-refractivity contribution in [3.63, 3.8) is 0 Å². The topological polar surface area (TPSA) is 57.6 Å². The molecule has 1 heterocycles. The summed E-state index contributed by atoms with van der Waals surface area (Å²) in [5.41, 5.74) is 0.613. The third kappa shape index (κ3) is 4.30. The Morgan fingerprint density at radius 2 is 2.04 bits per heavy atom. The van der Waals surface area contributed by atoms with Crippen molar-refractivity contribution < 1.29 is 19.1 Å². The lowest BCUT2D eigenvalue weighted by atomic mass is 9.91. The van der Waals surface area contributed by atoms with Crippen LogP contribution in [-0.4, -0.2) is 34.5 Å². The highest BCUT2D eigenvalue weighted by molar-refractivity contribution is 5.80. The molecule has 1 amide bonds. The molecule has 0 radical (unpaired) electrons. The SMILES string of the molecule is CC(CCc1ccccc1F)C(=O)N1CC(C(=O)O)CCC1C. The van der Waals surface area contributed by atoms with Crippen molar-refractivity contribution in [2.24, 2.45) is 11.8 Å². The summed E-state index contributed by atoms with van der Waals surface area (Å²) in [6.45, 7) is 4.07. The molecule has 3 atom stereocenters. The van der Waals surface area contributed by atoms with Crippen LogP contribution in [-0.2, 0) is 16.0 Å². The number of aryl methyl sites for hydroxylation is 1. The summed E-state index contributed by atoms with van der Waals surface area (Å²) in [6.07, 6.45) is 2.39. The van der Waals surface area contributed by atoms with Gasteiger partial charge in [0.15, 0.2) is 0 Å². The van der Waals surface area contributed by atoms with Crippen molar-refractivity contribution in [3.05, 3.63) is 35.6 Å². The van der Waals surface area contributed by atoms with Crippen LogP contribution in [0, 0.1) is 17.7 Å². The minimum absolute atomic E-state index is 0.0280. The van der Waals surface area contributed by atoms with Gasteiger partial charge in [-0.1, -0.05) is 25.1 Å². The second-order valence-corrected chi connectivity index (χ2v) is 6.48. The molecule has 1 saturated heterocycles. The molecule has 126 valence electrons. The highest BCUT2D eigenvalue weighted by atomic mass is 19.1. The molecule has 1 aliphatic heterocycles. The quantitative estimate of drug-likeness (QED) is 0.906.